The first-order chi connectivity index (χ1) is 11.1. The van der Waals surface area contributed by atoms with Gasteiger partial charge in [0.2, 0.25) is 0 Å². The van der Waals surface area contributed by atoms with Crippen molar-refractivity contribution in [2.75, 3.05) is 6.61 Å². The molecule has 23 heavy (non-hydrogen) atoms. The molecule has 2 rings (SSSR count). The van der Waals surface area contributed by atoms with Crippen LogP contribution in [0.4, 0.5) is 8.78 Å². The molecule has 1 aromatic carbocycles. The Balaban J connectivity index is 1.68. The van der Waals surface area contributed by atoms with Crippen molar-refractivity contribution in [2.45, 2.75) is 13.2 Å². The minimum atomic E-state index is -2.86. The SMILES string of the molecule is O=C(CO/N=C/c1ccc(OC(F)F)cc1)NCc1cccs1. The van der Waals surface area contributed by atoms with Crippen LogP contribution in [-0.2, 0) is 16.2 Å². The second-order valence-corrected chi connectivity index (χ2v) is 5.34. The van der Waals surface area contributed by atoms with E-state index >= 15 is 0 Å². The van der Waals surface area contributed by atoms with E-state index in [1.807, 2.05) is 17.5 Å². The number of alkyl halides is 2. The van der Waals surface area contributed by atoms with E-state index in [9.17, 15) is 13.6 Å². The Labute approximate surface area is 135 Å². The minimum absolute atomic E-state index is 0.0611. The molecule has 1 N–H and O–H groups in total. The van der Waals surface area contributed by atoms with Gasteiger partial charge in [-0.2, -0.15) is 8.78 Å². The van der Waals surface area contributed by atoms with Crippen molar-refractivity contribution in [3.05, 3.63) is 52.2 Å². The van der Waals surface area contributed by atoms with E-state index in [1.165, 1.54) is 18.3 Å². The molecular weight excluding hydrogens is 326 g/mol. The van der Waals surface area contributed by atoms with Gasteiger partial charge in [0.05, 0.1) is 12.8 Å². The average molecular weight is 340 g/mol. The highest BCUT2D eigenvalue weighted by atomic mass is 32.1. The predicted octanol–water partition coefficient (Wildman–Crippen LogP) is 3.02. The molecule has 1 aromatic heterocycles. The van der Waals surface area contributed by atoms with Gasteiger partial charge >= 0.3 is 6.61 Å². The zero-order chi connectivity index (χ0) is 16.5. The van der Waals surface area contributed by atoms with Crippen molar-refractivity contribution < 1.29 is 23.1 Å². The second kappa shape index (κ2) is 8.84. The van der Waals surface area contributed by atoms with Crippen molar-refractivity contribution in [2.24, 2.45) is 5.16 Å². The van der Waals surface area contributed by atoms with E-state index < -0.39 is 6.61 Å². The van der Waals surface area contributed by atoms with Crippen molar-refractivity contribution in [3.8, 4) is 5.75 Å². The quantitative estimate of drug-likeness (QED) is 0.594. The average Bonchev–Trinajstić information content (AvgIpc) is 3.04. The molecule has 1 amide bonds. The van der Waals surface area contributed by atoms with Crippen molar-refractivity contribution in [1.29, 1.82) is 0 Å². The summed E-state index contributed by atoms with van der Waals surface area (Å²) >= 11 is 1.55. The first-order valence-corrected chi connectivity index (χ1v) is 7.51. The highest BCUT2D eigenvalue weighted by Crippen LogP contribution is 2.14. The fourth-order valence-electron chi connectivity index (χ4n) is 1.58. The molecule has 0 saturated carbocycles. The third-order valence-corrected chi connectivity index (χ3v) is 3.49. The maximum atomic E-state index is 12.0. The molecule has 0 atom stereocenters. The minimum Gasteiger partial charge on any atom is -0.435 e. The molecule has 0 aliphatic carbocycles. The number of benzene rings is 1. The molecule has 0 aliphatic heterocycles. The van der Waals surface area contributed by atoms with Crippen LogP contribution in [-0.4, -0.2) is 25.3 Å². The molecule has 0 spiro atoms. The third-order valence-electron chi connectivity index (χ3n) is 2.62. The lowest BCUT2D eigenvalue weighted by Crippen LogP contribution is -2.26. The van der Waals surface area contributed by atoms with Crippen LogP contribution >= 0.6 is 11.3 Å². The second-order valence-electron chi connectivity index (χ2n) is 4.31. The van der Waals surface area contributed by atoms with Gasteiger partial charge in [-0.1, -0.05) is 11.2 Å². The maximum absolute atomic E-state index is 12.0. The monoisotopic (exact) mass is 340 g/mol. The van der Waals surface area contributed by atoms with Gasteiger partial charge < -0.3 is 14.9 Å². The van der Waals surface area contributed by atoms with Crippen LogP contribution in [0.5, 0.6) is 5.75 Å². The molecular formula is C15H14F2N2O3S. The summed E-state index contributed by atoms with van der Waals surface area (Å²) in [4.78, 5) is 17.4. The van der Waals surface area contributed by atoms with Crippen molar-refractivity contribution in [3.63, 3.8) is 0 Å². The van der Waals surface area contributed by atoms with E-state index in [2.05, 4.69) is 15.2 Å². The Hall–Kier alpha value is -2.48. The molecule has 122 valence electrons. The molecule has 0 saturated heterocycles. The first kappa shape index (κ1) is 16.9. The van der Waals surface area contributed by atoms with Crippen LogP contribution in [0.2, 0.25) is 0 Å². The van der Waals surface area contributed by atoms with Crippen LogP contribution < -0.4 is 10.1 Å². The Morgan fingerprint density at radius 2 is 2.09 bits per heavy atom. The van der Waals surface area contributed by atoms with Gasteiger partial charge in [-0.15, -0.1) is 11.3 Å². The van der Waals surface area contributed by atoms with Crippen LogP contribution in [0, 0.1) is 0 Å². The lowest BCUT2D eigenvalue weighted by molar-refractivity contribution is -0.125. The molecule has 2 aromatic rings. The number of rotatable bonds is 8. The number of oxime groups is 1. The van der Waals surface area contributed by atoms with Gasteiger partial charge in [0.1, 0.15) is 5.75 Å². The summed E-state index contributed by atoms with van der Waals surface area (Å²) in [5.74, 6) is -0.220. The summed E-state index contributed by atoms with van der Waals surface area (Å²) in [5.41, 5.74) is 0.630. The van der Waals surface area contributed by atoms with Crippen molar-refractivity contribution in [1.82, 2.24) is 5.32 Å². The van der Waals surface area contributed by atoms with Crippen LogP contribution in [0.15, 0.2) is 46.9 Å². The number of ether oxygens (including phenoxy) is 1. The molecule has 5 nitrogen and oxygen atoms in total. The lowest BCUT2D eigenvalue weighted by atomic mass is 10.2. The Kier molecular flexibility index (Phi) is 6.49. The number of amides is 1. The standard InChI is InChI=1S/C15H14F2N2O3S/c16-15(17)22-12-5-3-11(4-6-12)8-19-21-10-14(20)18-9-13-2-1-7-23-13/h1-8,15H,9-10H2,(H,18,20)/b19-8+. The van der Waals surface area contributed by atoms with Gasteiger partial charge in [0.25, 0.3) is 5.91 Å². The van der Waals surface area contributed by atoms with Crippen molar-refractivity contribution >= 4 is 23.5 Å². The fraction of sp³-hybridized carbons (Fsp3) is 0.200. The highest BCUT2D eigenvalue weighted by Gasteiger charge is 2.03. The number of nitrogens with zero attached hydrogens (tertiary/aromatic N) is 1. The summed E-state index contributed by atoms with van der Waals surface area (Å²) in [6, 6.07) is 9.70. The van der Waals surface area contributed by atoms with Gasteiger partial charge in [-0.25, -0.2) is 0 Å². The number of halogens is 2. The maximum Gasteiger partial charge on any atom is 0.387 e. The summed E-state index contributed by atoms with van der Waals surface area (Å²) in [6.07, 6.45) is 1.37. The zero-order valence-electron chi connectivity index (χ0n) is 11.9. The topological polar surface area (TPSA) is 59.9 Å². The number of carbonyl (C=O) groups is 1. The Bertz CT molecular complexity index is 631. The molecule has 0 fully saturated rings. The summed E-state index contributed by atoms with van der Waals surface area (Å²) in [6.45, 7) is -2.60. The van der Waals surface area contributed by atoms with Gasteiger partial charge in [-0.3, -0.25) is 4.79 Å². The van der Waals surface area contributed by atoms with Crippen LogP contribution in [0.3, 0.4) is 0 Å². The molecule has 0 bridgehead atoms. The number of hydrogen-bond acceptors (Lipinski definition) is 5. The van der Waals surface area contributed by atoms with Gasteiger partial charge in [-0.05, 0) is 41.3 Å². The van der Waals surface area contributed by atoms with Gasteiger partial charge in [0.15, 0.2) is 6.61 Å². The third kappa shape index (κ3) is 6.43. The molecule has 8 heteroatoms. The molecule has 0 radical (unpaired) electrons. The Morgan fingerprint density at radius 1 is 1.30 bits per heavy atom. The lowest BCUT2D eigenvalue weighted by Gasteiger charge is -2.04. The van der Waals surface area contributed by atoms with E-state index in [-0.39, 0.29) is 18.3 Å². The van der Waals surface area contributed by atoms with Gasteiger partial charge in [0, 0.05) is 4.88 Å². The Morgan fingerprint density at radius 3 is 2.74 bits per heavy atom. The number of carbonyl (C=O) groups excluding carboxylic acids is 1. The smallest absolute Gasteiger partial charge is 0.387 e. The normalized spacial score (nSPS) is 10.9. The van der Waals surface area contributed by atoms with E-state index in [0.29, 0.717) is 12.1 Å². The predicted molar refractivity (Wildman–Crippen MR) is 82.8 cm³/mol. The van der Waals surface area contributed by atoms with E-state index in [0.717, 1.165) is 4.88 Å². The summed E-state index contributed by atoms with van der Waals surface area (Å²) in [7, 11) is 0. The largest absolute Gasteiger partial charge is 0.435 e. The first-order valence-electron chi connectivity index (χ1n) is 6.63. The van der Waals surface area contributed by atoms with E-state index in [4.69, 9.17) is 4.84 Å². The molecule has 0 unspecified atom stereocenters. The number of thiophene rings is 1. The van der Waals surface area contributed by atoms with E-state index in [1.54, 1.807) is 23.5 Å². The van der Waals surface area contributed by atoms with Crippen LogP contribution in [0.1, 0.15) is 10.4 Å². The number of nitrogens with one attached hydrogen (secondary N) is 1. The summed E-state index contributed by atoms with van der Waals surface area (Å²) in [5, 5.41) is 8.27. The summed E-state index contributed by atoms with van der Waals surface area (Å²) < 4.78 is 28.2. The highest BCUT2D eigenvalue weighted by molar-refractivity contribution is 7.09. The molecule has 0 aliphatic rings. The molecule has 1 heterocycles. The van der Waals surface area contributed by atoms with Crippen LogP contribution in [0.25, 0.3) is 0 Å². The zero-order valence-corrected chi connectivity index (χ0v) is 12.8. The fourth-order valence-corrected chi connectivity index (χ4v) is 2.22. The number of hydrogen-bond donors (Lipinski definition) is 1.